The van der Waals surface area contributed by atoms with E-state index in [0.29, 0.717) is 0 Å². The van der Waals surface area contributed by atoms with E-state index in [9.17, 15) is 13.6 Å². The number of anilines is 2. The molecular weight excluding hydrogens is 254 g/mol. The summed E-state index contributed by atoms with van der Waals surface area (Å²) in [7, 11) is 0. The van der Waals surface area contributed by atoms with Crippen LogP contribution in [-0.2, 0) is 0 Å². The molecule has 2 aromatic rings. The number of hydrogen-bond acceptors (Lipinski definition) is 2. The molecule has 0 aliphatic heterocycles. The van der Waals surface area contributed by atoms with Crippen molar-refractivity contribution in [2.75, 3.05) is 10.6 Å². The SMILES string of the molecule is O=C(Nc1ccccc1F)Nc1ccc(O)cc1F. The number of carbonyl (C=O) groups excluding carboxylic acids is 1. The van der Waals surface area contributed by atoms with Crippen molar-refractivity contribution in [3.63, 3.8) is 0 Å². The van der Waals surface area contributed by atoms with Gasteiger partial charge in [-0.25, -0.2) is 13.6 Å². The number of phenols is 1. The molecule has 0 aliphatic rings. The van der Waals surface area contributed by atoms with Gasteiger partial charge in [-0.1, -0.05) is 12.1 Å². The quantitative estimate of drug-likeness (QED) is 0.729. The Morgan fingerprint density at radius 3 is 2.21 bits per heavy atom. The van der Waals surface area contributed by atoms with E-state index in [4.69, 9.17) is 5.11 Å². The number of nitrogens with one attached hydrogen (secondary N) is 2. The second kappa shape index (κ2) is 5.34. The standard InChI is InChI=1S/C13H10F2N2O2/c14-9-3-1-2-4-11(9)16-13(19)17-12-6-5-8(18)7-10(12)15/h1-7,18H,(H2,16,17,19). The molecule has 0 heterocycles. The number of hydrogen-bond donors (Lipinski definition) is 3. The number of benzene rings is 2. The van der Waals surface area contributed by atoms with Gasteiger partial charge in [-0.3, -0.25) is 0 Å². The van der Waals surface area contributed by atoms with Gasteiger partial charge in [-0.15, -0.1) is 0 Å². The lowest BCUT2D eigenvalue weighted by Crippen LogP contribution is -2.20. The van der Waals surface area contributed by atoms with Gasteiger partial charge in [-0.05, 0) is 24.3 Å². The summed E-state index contributed by atoms with van der Waals surface area (Å²) in [5.41, 5.74) is -0.133. The molecule has 0 spiro atoms. The lowest BCUT2D eigenvalue weighted by molar-refractivity contribution is 0.262. The van der Waals surface area contributed by atoms with Crippen molar-refractivity contribution in [2.45, 2.75) is 0 Å². The van der Waals surface area contributed by atoms with Crippen LogP contribution in [0.5, 0.6) is 5.75 Å². The molecule has 19 heavy (non-hydrogen) atoms. The summed E-state index contributed by atoms with van der Waals surface area (Å²) >= 11 is 0. The van der Waals surface area contributed by atoms with Crippen LogP contribution in [0.15, 0.2) is 42.5 Å². The van der Waals surface area contributed by atoms with Gasteiger partial charge in [0.05, 0.1) is 11.4 Å². The maximum absolute atomic E-state index is 13.4. The van der Waals surface area contributed by atoms with E-state index in [1.165, 1.54) is 30.3 Å². The Hall–Kier alpha value is -2.63. The van der Waals surface area contributed by atoms with E-state index in [1.54, 1.807) is 6.07 Å². The number of phenolic OH excluding ortho intramolecular Hbond substituents is 1. The second-order valence-electron chi connectivity index (χ2n) is 3.72. The van der Waals surface area contributed by atoms with E-state index in [-0.39, 0.29) is 17.1 Å². The summed E-state index contributed by atoms with van der Waals surface area (Å²) in [5.74, 6) is -1.63. The third-order valence-electron chi connectivity index (χ3n) is 2.32. The van der Waals surface area contributed by atoms with Gasteiger partial charge in [0, 0.05) is 6.07 Å². The summed E-state index contributed by atoms with van der Waals surface area (Å²) in [5, 5.41) is 13.5. The van der Waals surface area contributed by atoms with Gasteiger partial charge in [0.2, 0.25) is 0 Å². The fourth-order valence-electron chi connectivity index (χ4n) is 1.44. The smallest absolute Gasteiger partial charge is 0.323 e. The third-order valence-corrected chi connectivity index (χ3v) is 2.32. The van der Waals surface area contributed by atoms with Crippen molar-refractivity contribution in [3.05, 3.63) is 54.1 Å². The molecule has 0 saturated heterocycles. The minimum atomic E-state index is -0.788. The Balaban J connectivity index is 2.08. The second-order valence-corrected chi connectivity index (χ2v) is 3.72. The molecule has 0 bridgehead atoms. The molecule has 0 unspecified atom stereocenters. The summed E-state index contributed by atoms with van der Waals surface area (Å²) in [4.78, 5) is 11.6. The van der Waals surface area contributed by atoms with Gasteiger partial charge in [0.15, 0.2) is 0 Å². The predicted octanol–water partition coefficient (Wildman–Crippen LogP) is 3.31. The Bertz CT molecular complexity index is 617. The van der Waals surface area contributed by atoms with Crippen LogP contribution < -0.4 is 10.6 Å². The monoisotopic (exact) mass is 264 g/mol. The maximum atomic E-state index is 13.4. The van der Waals surface area contributed by atoms with Crippen LogP contribution in [0.25, 0.3) is 0 Å². The molecule has 6 heteroatoms. The molecule has 2 amide bonds. The molecule has 2 aromatic carbocycles. The summed E-state index contributed by atoms with van der Waals surface area (Å²) in [6.45, 7) is 0. The van der Waals surface area contributed by atoms with E-state index in [0.717, 1.165) is 6.07 Å². The molecule has 2 rings (SSSR count). The molecular formula is C13H10F2N2O2. The summed E-state index contributed by atoms with van der Waals surface area (Å²) < 4.78 is 26.6. The number of aromatic hydroxyl groups is 1. The number of rotatable bonds is 2. The topological polar surface area (TPSA) is 61.4 Å². The van der Waals surface area contributed by atoms with Gasteiger partial charge in [0.25, 0.3) is 0 Å². The van der Waals surface area contributed by atoms with E-state index in [1.807, 2.05) is 0 Å². The van der Waals surface area contributed by atoms with Crippen molar-refractivity contribution < 1.29 is 18.7 Å². The number of para-hydroxylation sites is 1. The predicted molar refractivity (Wildman–Crippen MR) is 67.1 cm³/mol. The van der Waals surface area contributed by atoms with Crippen molar-refractivity contribution in [2.24, 2.45) is 0 Å². The van der Waals surface area contributed by atoms with Crippen molar-refractivity contribution in [1.29, 1.82) is 0 Å². The molecule has 0 fully saturated rings. The van der Waals surface area contributed by atoms with Crippen LogP contribution >= 0.6 is 0 Å². The van der Waals surface area contributed by atoms with Crippen LogP contribution in [0, 0.1) is 11.6 Å². The van der Waals surface area contributed by atoms with Crippen LogP contribution in [0.2, 0.25) is 0 Å². The molecule has 4 nitrogen and oxygen atoms in total. The largest absolute Gasteiger partial charge is 0.508 e. The van der Waals surface area contributed by atoms with Crippen molar-refractivity contribution in [1.82, 2.24) is 0 Å². The van der Waals surface area contributed by atoms with Crippen molar-refractivity contribution in [3.8, 4) is 5.75 Å². The lowest BCUT2D eigenvalue weighted by atomic mass is 10.3. The first-order valence-electron chi connectivity index (χ1n) is 5.37. The zero-order valence-corrected chi connectivity index (χ0v) is 9.65. The highest BCUT2D eigenvalue weighted by molar-refractivity contribution is 5.99. The first kappa shape index (κ1) is 12.8. The molecule has 0 saturated carbocycles. The van der Waals surface area contributed by atoms with Gasteiger partial charge in [0.1, 0.15) is 17.4 Å². The zero-order chi connectivity index (χ0) is 13.8. The minimum absolute atomic E-state index is 0.0146. The van der Waals surface area contributed by atoms with E-state index >= 15 is 0 Å². The third kappa shape index (κ3) is 3.19. The van der Waals surface area contributed by atoms with Crippen LogP contribution in [0.4, 0.5) is 25.0 Å². The summed E-state index contributed by atoms with van der Waals surface area (Å²) in [6.07, 6.45) is 0. The fourth-order valence-corrected chi connectivity index (χ4v) is 1.44. The minimum Gasteiger partial charge on any atom is -0.508 e. The number of amides is 2. The van der Waals surface area contributed by atoms with E-state index in [2.05, 4.69) is 10.6 Å². The normalized spacial score (nSPS) is 10.0. The Morgan fingerprint density at radius 1 is 0.947 bits per heavy atom. The molecule has 0 aromatic heterocycles. The highest BCUT2D eigenvalue weighted by atomic mass is 19.1. The van der Waals surface area contributed by atoms with E-state index < -0.39 is 17.7 Å². The highest BCUT2D eigenvalue weighted by Crippen LogP contribution is 2.20. The number of halogens is 2. The number of urea groups is 1. The van der Waals surface area contributed by atoms with Crippen LogP contribution in [0.3, 0.4) is 0 Å². The van der Waals surface area contributed by atoms with Gasteiger partial charge >= 0.3 is 6.03 Å². The Labute approximate surface area is 107 Å². The Kier molecular flexibility index (Phi) is 3.61. The van der Waals surface area contributed by atoms with Gasteiger partial charge < -0.3 is 15.7 Å². The maximum Gasteiger partial charge on any atom is 0.323 e. The van der Waals surface area contributed by atoms with Crippen molar-refractivity contribution >= 4 is 17.4 Å². The molecule has 0 atom stereocenters. The molecule has 3 N–H and O–H groups in total. The molecule has 0 radical (unpaired) electrons. The average molecular weight is 264 g/mol. The van der Waals surface area contributed by atoms with Gasteiger partial charge in [-0.2, -0.15) is 0 Å². The first-order chi connectivity index (χ1) is 9.06. The zero-order valence-electron chi connectivity index (χ0n) is 9.65. The highest BCUT2D eigenvalue weighted by Gasteiger charge is 2.09. The lowest BCUT2D eigenvalue weighted by Gasteiger charge is -2.09. The summed E-state index contributed by atoms with van der Waals surface area (Å²) in [6, 6.07) is 8.11. The van der Waals surface area contributed by atoms with Crippen LogP contribution in [-0.4, -0.2) is 11.1 Å². The Morgan fingerprint density at radius 2 is 1.58 bits per heavy atom. The molecule has 0 aliphatic carbocycles. The van der Waals surface area contributed by atoms with Crippen LogP contribution in [0.1, 0.15) is 0 Å². The molecule has 98 valence electrons. The average Bonchev–Trinajstić information content (AvgIpc) is 2.36. The fraction of sp³-hybridized carbons (Fsp3) is 0. The number of carbonyl (C=O) groups is 1. The first-order valence-corrected chi connectivity index (χ1v) is 5.37.